The van der Waals surface area contributed by atoms with Crippen LogP contribution in [0.2, 0.25) is 0 Å². The lowest BCUT2D eigenvalue weighted by atomic mass is 9.97. The van der Waals surface area contributed by atoms with Crippen LogP contribution in [-0.4, -0.2) is 7.11 Å². The van der Waals surface area contributed by atoms with E-state index in [4.69, 9.17) is 10.5 Å². The molecule has 0 saturated heterocycles. The largest absolute Gasteiger partial charge is 0.497 e. The molecule has 2 rings (SSSR count). The normalized spacial score (nSPS) is 12.3. The lowest BCUT2D eigenvalue weighted by Crippen LogP contribution is -2.14. The van der Waals surface area contributed by atoms with E-state index in [-0.39, 0.29) is 11.1 Å². The minimum atomic E-state index is -0.731. The Balaban J connectivity index is 2.43. The Bertz CT molecular complexity index is 599. The summed E-state index contributed by atoms with van der Waals surface area (Å²) in [6, 6.07) is 8.56. The van der Waals surface area contributed by atoms with E-state index in [2.05, 4.69) is 0 Å². The van der Waals surface area contributed by atoms with Crippen LogP contribution < -0.4 is 10.5 Å². The van der Waals surface area contributed by atoms with Gasteiger partial charge in [0.2, 0.25) is 0 Å². The van der Waals surface area contributed by atoms with Gasteiger partial charge in [-0.05, 0) is 42.3 Å². The fraction of sp³-hybridized carbons (Fsp3) is 0.200. The summed E-state index contributed by atoms with van der Waals surface area (Å²) in [5, 5.41) is 0. The second-order valence-corrected chi connectivity index (χ2v) is 4.38. The maximum atomic E-state index is 13.9. The van der Waals surface area contributed by atoms with Crippen LogP contribution >= 0.6 is 0 Å². The number of methoxy groups -OCH3 is 1. The van der Waals surface area contributed by atoms with Gasteiger partial charge in [-0.2, -0.15) is 0 Å². The van der Waals surface area contributed by atoms with Crippen molar-refractivity contribution in [1.29, 1.82) is 0 Å². The van der Waals surface area contributed by atoms with E-state index in [1.807, 2.05) is 0 Å². The molecular weight excluding hydrogens is 248 g/mol. The van der Waals surface area contributed by atoms with Gasteiger partial charge in [-0.25, -0.2) is 8.78 Å². The first-order valence-corrected chi connectivity index (χ1v) is 5.88. The molecule has 0 saturated carbocycles. The first-order valence-electron chi connectivity index (χ1n) is 5.88. The van der Waals surface area contributed by atoms with Crippen molar-refractivity contribution in [2.75, 3.05) is 7.11 Å². The maximum Gasteiger partial charge on any atom is 0.128 e. The predicted molar refractivity (Wildman–Crippen MR) is 70.1 cm³/mol. The molecule has 100 valence electrons. The summed E-state index contributed by atoms with van der Waals surface area (Å²) in [5.74, 6) is -0.343. The van der Waals surface area contributed by atoms with Gasteiger partial charge in [0.05, 0.1) is 13.2 Å². The van der Waals surface area contributed by atoms with E-state index < -0.39 is 17.7 Å². The lowest BCUT2D eigenvalue weighted by Gasteiger charge is -2.15. The zero-order valence-corrected chi connectivity index (χ0v) is 10.8. The second-order valence-electron chi connectivity index (χ2n) is 4.38. The van der Waals surface area contributed by atoms with E-state index in [1.54, 1.807) is 24.3 Å². The van der Waals surface area contributed by atoms with Crippen molar-refractivity contribution < 1.29 is 13.5 Å². The smallest absolute Gasteiger partial charge is 0.128 e. The molecule has 0 bridgehead atoms. The molecule has 0 heterocycles. The molecule has 2 nitrogen and oxygen atoms in total. The molecular formula is C15H15F2NO. The number of rotatable bonds is 3. The topological polar surface area (TPSA) is 35.2 Å². The summed E-state index contributed by atoms with van der Waals surface area (Å²) in [4.78, 5) is 0. The molecule has 0 aromatic heterocycles. The molecule has 1 atom stereocenters. The number of hydrogen-bond donors (Lipinski definition) is 1. The van der Waals surface area contributed by atoms with Crippen LogP contribution in [0.1, 0.15) is 22.7 Å². The lowest BCUT2D eigenvalue weighted by molar-refractivity contribution is 0.414. The molecule has 0 aliphatic heterocycles. The van der Waals surface area contributed by atoms with Crippen molar-refractivity contribution in [1.82, 2.24) is 0 Å². The van der Waals surface area contributed by atoms with Gasteiger partial charge in [-0.15, -0.1) is 0 Å². The molecule has 2 N–H and O–H groups in total. The first kappa shape index (κ1) is 13.5. The highest BCUT2D eigenvalue weighted by Crippen LogP contribution is 2.26. The Morgan fingerprint density at radius 3 is 2.53 bits per heavy atom. The summed E-state index contributed by atoms with van der Waals surface area (Å²) >= 11 is 0. The molecule has 19 heavy (non-hydrogen) atoms. The minimum absolute atomic E-state index is 0.136. The van der Waals surface area contributed by atoms with Crippen LogP contribution in [0.3, 0.4) is 0 Å². The fourth-order valence-electron chi connectivity index (χ4n) is 1.91. The van der Waals surface area contributed by atoms with Crippen molar-refractivity contribution in [3.8, 4) is 5.75 Å². The number of aryl methyl sites for hydroxylation is 1. The molecule has 0 aliphatic rings. The van der Waals surface area contributed by atoms with Gasteiger partial charge in [-0.3, -0.25) is 0 Å². The van der Waals surface area contributed by atoms with Gasteiger partial charge < -0.3 is 10.5 Å². The average molecular weight is 263 g/mol. The van der Waals surface area contributed by atoms with Crippen molar-refractivity contribution in [2.45, 2.75) is 13.0 Å². The Morgan fingerprint density at radius 2 is 1.84 bits per heavy atom. The summed E-state index contributed by atoms with van der Waals surface area (Å²) in [7, 11) is 1.54. The molecule has 0 radical (unpaired) electrons. The number of hydrogen-bond acceptors (Lipinski definition) is 2. The first-order chi connectivity index (χ1) is 9.02. The number of ether oxygens (including phenoxy) is 1. The zero-order valence-electron chi connectivity index (χ0n) is 10.8. The Morgan fingerprint density at radius 1 is 1.11 bits per heavy atom. The summed E-state index contributed by atoms with van der Waals surface area (Å²) in [6.07, 6.45) is 0. The highest BCUT2D eigenvalue weighted by Gasteiger charge is 2.16. The van der Waals surface area contributed by atoms with Crippen molar-refractivity contribution in [3.05, 3.63) is 64.7 Å². The third kappa shape index (κ3) is 2.74. The third-order valence-corrected chi connectivity index (χ3v) is 3.07. The van der Waals surface area contributed by atoms with Crippen LogP contribution in [-0.2, 0) is 0 Å². The summed E-state index contributed by atoms with van der Waals surface area (Å²) in [6.45, 7) is 1.51. The molecule has 0 aliphatic carbocycles. The number of benzene rings is 2. The van der Waals surface area contributed by atoms with Crippen molar-refractivity contribution in [3.63, 3.8) is 0 Å². The van der Waals surface area contributed by atoms with Crippen molar-refractivity contribution >= 4 is 0 Å². The van der Waals surface area contributed by atoms with Gasteiger partial charge in [0.25, 0.3) is 0 Å². The maximum absolute atomic E-state index is 13.9. The van der Waals surface area contributed by atoms with Crippen molar-refractivity contribution in [2.24, 2.45) is 5.73 Å². The second kappa shape index (κ2) is 5.36. The van der Waals surface area contributed by atoms with Gasteiger partial charge in [-0.1, -0.05) is 12.1 Å². The van der Waals surface area contributed by atoms with Crippen LogP contribution in [0.25, 0.3) is 0 Å². The molecule has 0 spiro atoms. The Labute approximate surface area is 110 Å². The molecule has 0 amide bonds. The van der Waals surface area contributed by atoms with Gasteiger partial charge in [0, 0.05) is 5.56 Å². The third-order valence-electron chi connectivity index (χ3n) is 3.07. The standard InChI is InChI=1S/C15H15F2NO/c1-9-6-14(17)12(8-13(9)16)15(18)10-4-3-5-11(7-10)19-2/h3-8,15H,18H2,1-2H3. The van der Waals surface area contributed by atoms with Gasteiger partial charge in [0.1, 0.15) is 17.4 Å². The van der Waals surface area contributed by atoms with Crippen LogP contribution in [0.5, 0.6) is 5.75 Å². The number of halogens is 2. The van der Waals surface area contributed by atoms with E-state index in [0.717, 1.165) is 12.1 Å². The van der Waals surface area contributed by atoms with Gasteiger partial charge in [0.15, 0.2) is 0 Å². The molecule has 2 aromatic rings. The van der Waals surface area contributed by atoms with Crippen LogP contribution in [0, 0.1) is 18.6 Å². The quantitative estimate of drug-likeness (QED) is 0.921. The zero-order chi connectivity index (χ0) is 14.0. The van der Waals surface area contributed by atoms with Crippen LogP contribution in [0.15, 0.2) is 36.4 Å². The highest BCUT2D eigenvalue weighted by atomic mass is 19.1. The summed E-state index contributed by atoms with van der Waals surface area (Å²) in [5.41, 5.74) is 7.06. The van der Waals surface area contributed by atoms with E-state index in [1.165, 1.54) is 14.0 Å². The monoisotopic (exact) mass is 263 g/mol. The minimum Gasteiger partial charge on any atom is -0.497 e. The van der Waals surface area contributed by atoms with Gasteiger partial charge >= 0.3 is 0 Å². The fourth-order valence-corrected chi connectivity index (χ4v) is 1.91. The Kier molecular flexibility index (Phi) is 3.81. The Hall–Kier alpha value is -1.94. The SMILES string of the molecule is COc1cccc(C(N)c2cc(F)c(C)cc2F)c1. The molecule has 4 heteroatoms. The summed E-state index contributed by atoms with van der Waals surface area (Å²) < 4.78 is 32.5. The predicted octanol–water partition coefficient (Wildman–Crippen LogP) is 3.33. The average Bonchev–Trinajstić information content (AvgIpc) is 2.42. The molecule has 2 aromatic carbocycles. The molecule has 0 fully saturated rings. The number of nitrogens with two attached hydrogens (primary N) is 1. The van der Waals surface area contributed by atoms with Crippen LogP contribution in [0.4, 0.5) is 8.78 Å². The van der Waals surface area contributed by atoms with E-state index in [0.29, 0.717) is 11.3 Å². The van der Waals surface area contributed by atoms with E-state index >= 15 is 0 Å². The highest BCUT2D eigenvalue weighted by molar-refractivity contribution is 5.38. The molecule has 1 unspecified atom stereocenters. The van der Waals surface area contributed by atoms with E-state index in [9.17, 15) is 8.78 Å².